The maximum atomic E-state index is 5.71. The van der Waals surface area contributed by atoms with Crippen LogP contribution in [-0.4, -0.2) is 50.5 Å². The van der Waals surface area contributed by atoms with Crippen molar-refractivity contribution in [2.24, 2.45) is 11.8 Å². The van der Waals surface area contributed by atoms with Crippen LogP contribution in [-0.2, 0) is 9.47 Å². The SMILES string of the molecule is COCC1C(OC)C(C(C)C)CN1C(C)C. The van der Waals surface area contributed by atoms with Gasteiger partial charge in [-0.05, 0) is 19.8 Å². The van der Waals surface area contributed by atoms with E-state index in [1.807, 2.05) is 7.11 Å². The topological polar surface area (TPSA) is 21.7 Å². The van der Waals surface area contributed by atoms with Crippen LogP contribution in [0.1, 0.15) is 27.7 Å². The molecule has 0 radical (unpaired) electrons. The molecule has 16 heavy (non-hydrogen) atoms. The molecule has 96 valence electrons. The first-order valence-electron chi connectivity index (χ1n) is 6.30. The minimum Gasteiger partial charge on any atom is -0.383 e. The van der Waals surface area contributed by atoms with Crippen LogP contribution in [0.15, 0.2) is 0 Å². The van der Waals surface area contributed by atoms with Crippen molar-refractivity contribution in [3.63, 3.8) is 0 Å². The molecule has 0 saturated carbocycles. The summed E-state index contributed by atoms with van der Waals surface area (Å²) in [5.74, 6) is 1.28. The van der Waals surface area contributed by atoms with Gasteiger partial charge in [-0.1, -0.05) is 13.8 Å². The molecule has 3 nitrogen and oxygen atoms in total. The monoisotopic (exact) mass is 229 g/mol. The second-order valence-electron chi connectivity index (χ2n) is 5.42. The Morgan fingerprint density at radius 2 is 1.81 bits per heavy atom. The van der Waals surface area contributed by atoms with Crippen molar-refractivity contribution in [1.29, 1.82) is 0 Å². The molecule has 1 heterocycles. The number of hydrogen-bond acceptors (Lipinski definition) is 3. The third-order valence-corrected chi connectivity index (χ3v) is 3.78. The summed E-state index contributed by atoms with van der Waals surface area (Å²) in [6.07, 6.45) is 0.308. The van der Waals surface area contributed by atoms with E-state index in [0.29, 0.717) is 30.0 Å². The fourth-order valence-corrected chi connectivity index (χ4v) is 2.83. The smallest absolute Gasteiger partial charge is 0.0791 e. The number of methoxy groups -OCH3 is 2. The minimum atomic E-state index is 0.308. The molecule has 0 aromatic rings. The van der Waals surface area contributed by atoms with Gasteiger partial charge in [-0.25, -0.2) is 0 Å². The normalized spacial score (nSPS) is 31.9. The van der Waals surface area contributed by atoms with Gasteiger partial charge in [0.15, 0.2) is 0 Å². The molecule has 1 aliphatic heterocycles. The highest BCUT2D eigenvalue weighted by Gasteiger charge is 2.43. The largest absolute Gasteiger partial charge is 0.383 e. The van der Waals surface area contributed by atoms with Crippen molar-refractivity contribution in [2.75, 3.05) is 27.4 Å². The Balaban J connectivity index is 2.81. The summed E-state index contributed by atoms with van der Waals surface area (Å²) in [5.41, 5.74) is 0. The third-order valence-electron chi connectivity index (χ3n) is 3.78. The predicted octanol–water partition coefficient (Wildman–Crippen LogP) is 2.01. The van der Waals surface area contributed by atoms with Crippen LogP contribution in [0.4, 0.5) is 0 Å². The van der Waals surface area contributed by atoms with Gasteiger partial charge in [0, 0.05) is 32.7 Å². The standard InChI is InChI=1S/C13H27NO2/c1-9(2)11-7-14(10(3)4)12(8-15-5)13(11)16-6/h9-13H,7-8H2,1-6H3. The molecule has 0 N–H and O–H groups in total. The first-order valence-corrected chi connectivity index (χ1v) is 6.30. The second-order valence-corrected chi connectivity index (χ2v) is 5.42. The van der Waals surface area contributed by atoms with Crippen molar-refractivity contribution < 1.29 is 9.47 Å². The van der Waals surface area contributed by atoms with E-state index >= 15 is 0 Å². The van der Waals surface area contributed by atoms with Gasteiger partial charge >= 0.3 is 0 Å². The second kappa shape index (κ2) is 5.99. The molecule has 0 aromatic carbocycles. The first kappa shape index (κ1) is 13.9. The Bertz CT molecular complexity index is 206. The summed E-state index contributed by atoms with van der Waals surface area (Å²) < 4.78 is 11.1. The maximum Gasteiger partial charge on any atom is 0.0791 e. The first-order chi connectivity index (χ1) is 7.52. The van der Waals surface area contributed by atoms with Crippen LogP contribution in [0.3, 0.4) is 0 Å². The quantitative estimate of drug-likeness (QED) is 0.720. The molecule has 3 heteroatoms. The molecule has 1 saturated heterocycles. The zero-order chi connectivity index (χ0) is 12.3. The fourth-order valence-electron chi connectivity index (χ4n) is 2.83. The number of hydrogen-bond donors (Lipinski definition) is 0. The van der Waals surface area contributed by atoms with Crippen LogP contribution in [0.2, 0.25) is 0 Å². The van der Waals surface area contributed by atoms with E-state index in [-0.39, 0.29) is 0 Å². The van der Waals surface area contributed by atoms with Crippen molar-refractivity contribution in [3.8, 4) is 0 Å². The van der Waals surface area contributed by atoms with Gasteiger partial charge in [0.1, 0.15) is 0 Å². The lowest BCUT2D eigenvalue weighted by Gasteiger charge is -2.30. The van der Waals surface area contributed by atoms with Crippen molar-refractivity contribution >= 4 is 0 Å². The molecule has 0 aromatic heterocycles. The Kier molecular flexibility index (Phi) is 5.22. The molecule has 3 atom stereocenters. The highest BCUT2D eigenvalue weighted by Crippen LogP contribution is 2.32. The highest BCUT2D eigenvalue weighted by atomic mass is 16.5. The molecular weight excluding hydrogens is 202 g/mol. The Morgan fingerprint density at radius 3 is 2.19 bits per heavy atom. The Morgan fingerprint density at radius 1 is 1.19 bits per heavy atom. The minimum absolute atomic E-state index is 0.308. The van der Waals surface area contributed by atoms with Gasteiger partial charge < -0.3 is 9.47 Å². The number of likely N-dealkylation sites (tertiary alicyclic amines) is 1. The van der Waals surface area contributed by atoms with Crippen molar-refractivity contribution in [3.05, 3.63) is 0 Å². The van der Waals surface area contributed by atoms with E-state index in [1.54, 1.807) is 7.11 Å². The van der Waals surface area contributed by atoms with E-state index < -0.39 is 0 Å². The lowest BCUT2D eigenvalue weighted by molar-refractivity contribution is -0.000958. The zero-order valence-electron chi connectivity index (χ0n) is 11.6. The van der Waals surface area contributed by atoms with Crippen LogP contribution in [0.25, 0.3) is 0 Å². The van der Waals surface area contributed by atoms with Gasteiger partial charge in [-0.3, -0.25) is 4.90 Å². The summed E-state index contributed by atoms with van der Waals surface area (Å²) in [6.45, 7) is 11.0. The van der Waals surface area contributed by atoms with E-state index in [2.05, 4.69) is 32.6 Å². The molecule has 1 aliphatic rings. The van der Waals surface area contributed by atoms with Crippen molar-refractivity contribution in [2.45, 2.75) is 45.9 Å². The van der Waals surface area contributed by atoms with E-state index in [4.69, 9.17) is 9.47 Å². The predicted molar refractivity (Wildman–Crippen MR) is 66.6 cm³/mol. The summed E-state index contributed by atoms with van der Waals surface area (Å²) in [6, 6.07) is 0.962. The molecular formula is C13H27NO2. The van der Waals surface area contributed by atoms with Crippen LogP contribution < -0.4 is 0 Å². The average Bonchev–Trinajstić information content (AvgIpc) is 2.57. The molecule has 0 bridgehead atoms. The molecule has 0 amide bonds. The molecule has 3 unspecified atom stereocenters. The maximum absolute atomic E-state index is 5.71. The van der Waals surface area contributed by atoms with E-state index in [0.717, 1.165) is 13.2 Å². The zero-order valence-corrected chi connectivity index (χ0v) is 11.6. The van der Waals surface area contributed by atoms with Crippen molar-refractivity contribution in [1.82, 2.24) is 4.90 Å². The average molecular weight is 229 g/mol. The molecule has 0 spiro atoms. The number of nitrogens with zero attached hydrogens (tertiary/aromatic N) is 1. The van der Waals surface area contributed by atoms with Crippen LogP contribution >= 0.6 is 0 Å². The van der Waals surface area contributed by atoms with E-state index in [1.165, 1.54) is 0 Å². The summed E-state index contributed by atoms with van der Waals surface area (Å²) in [4.78, 5) is 2.52. The summed E-state index contributed by atoms with van der Waals surface area (Å²) in [7, 11) is 3.60. The third kappa shape index (κ3) is 2.76. The molecule has 1 rings (SSSR count). The van der Waals surface area contributed by atoms with Crippen LogP contribution in [0.5, 0.6) is 0 Å². The molecule has 1 fully saturated rings. The molecule has 0 aliphatic carbocycles. The summed E-state index contributed by atoms with van der Waals surface area (Å²) >= 11 is 0. The van der Waals surface area contributed by atoms with Gasteiger partial charge in [0.05, 0.1) is 18.8 Å². The number of rotatable bonds is 5. The lowest BCUT2D eigenvalue weighted by atomic mass is 9.90. The van der Waals surface area contributed by atoms with Crippen LogP contribution in [0, 0.1) is 11.8 Å². The number of ether oxygens (including phenoxy) is 2. The van der Waals surface area contributed by atoms with Gasteiger partial charge in [0.25, 0.3) is 0 Å². The Labute approximate surface area is 100 Å². The lowest BCUT2D eigenvalue weighted by Crippen LogP contribution is -2.43. The van der Waals surface area contributed by atoms with Gasteiger partial charge in [0.2, 0.25) is 0 Å². The fraction of sp³-hybridized carbons (Fsp3) is 1.00. The summed E-state index contributed by atoms with van der Waals surface area (Å²) in [5, 5.41) is 0. The Hall–Kier alpha value is -0.120. The van der Waals surface area contributed by atoms with Gasteiger partial charge in [-0.2, -0.15) is 0 Å². The van der Waals surface area contributed by atoms with E-state index in [9.17, 15) is 0 Å². The van der Waals surface area contributed by atoms with Gasteiger partial charge in [-0.15, -0.1) is 0 Å². The highest BCUT2D eigenvalue weighted by molar-refractivity contribution is 4.96.